The molecule has 0 atom stereocenters. The lowest BCUT2D eigenvalue weighted by Crippen LogP contribution is -2.26. The fourth-order valence-electron chi connectivity index (χ4n) is 4.64. The average molecular weight is 625 g/mol. The van der Waals surface area contributed by atoms with Gasteiger partial charge in [0, 0.05) is 43.4 Å². The van der Waals surface area contributed by atoms with E-state index < -0.39 is 5.91 Å². The van der Waals surface area contributed by atoms with Gasteiger partial charge >= 0.3 is 0 Å². The number of halogens is 1. The number of methoxy groups -OCH3 is 1. The molecule has 2 aromatic carbocycles. The fraction of sp³-hybridized carbons (Fsp3) is 0.219. The van der Waals surface area contributed by atoms with Gasteiger partial charge in [0.1, 0.15) is 0 Å². The Morgan fingerprint density at radius 3 is 2.49 bits per heavy atom. The molecule has 0 unspecified atom stereocenters. The molecule has 1 aliphatic rings. The van der Waals surface area contributed by atoms with Crippen molar-refractivity contribution in [2.24, 2.45) is 5.92 Å². The lowest BCUT2D eigenvalue weighted by molar-refractivity contribution is -0.117. The summed E-state index contributed by atoms with van der Waals surface area (Å²) in [5.74, 6) is -0.305. The summed E-state index contributed by atoms with van der Waals surface area (Å²) in [5.41, 5.74) is 3.53. The third-order valence-corrected chi connectivity index (χ3v) is 7.44. The molecule has 5 rings (SSSR count). The largest absolute Gasteiger partial charge is 0.494 e. The van der Waals surface area contributed by atoms with Crippen LogP contribution in [0.4, 0.5) is 17.2 Å². The van der Waals surface area contributed by atoms with Crippen molar-refractivity contribution in [3.05, 3.63) is 88.3 Å². The summed E-state index contributed by atoms with van der Waals surface area (Å²) in [5, 5.41) is 26.1. The third kappa shape index (κ3) is 7.00. The van der Waals surface area contributed by atoms with Crippen molar-refractivity contribution in [1.82, 2.24) is 25.4 Å². The van der Waals surface area contributed by atoms with Crippen LogP contribution in [-0.4, -0.2) is 59.0 Å². The van der Waals surface area contributed by atoms with Crippen molar-refractivity contribution >= 4 is 46.5 Å². The maximum absolute atomic E-state index is 13.1. The van der Waals surface area contributed by atoms with Crippen LogP contribution in [0.2, 0.25) is 5.02 Å². The molecule has 12 nitrogen and oxygen atoms in total. The maximum atomic E-state index is 13.1. The Labute approximate surface area is 264 Å². The zero-order valence-electron chi connectivity index (χ0n) is 24.7. The van der Waals surface area contributed by atoms with Gasteiger partial charge in [-0.15, -0.1) is 10.2 Å². The second kappa shape index (κ2) is 13.4. The highest BCUT2D eigenvalue weighted by Gasteiger charge is 2.30. The Bertz CT molecular complexity index is 1820. The van der Waals surface area contributed by atoms with Gasteiger partial charge in [0.2, 0.25) is 5.91 Å². The minimum absolute atomic E-state index is 0.0157. The Hall–Kier alpha value is -5.54. The van der Waals surface area contributed by atoms with Gasteiger partial charge in [-0.1, -0.05) is 23.7 Å². The number of ether oxygens (including phenoxy) is 1. The number of nitrogens with one attached hydrogen (secondary N) is 3. The van der Waals surface area contributed by atoms with Crippen LogP contribution in [0, 0.1) is 17.2 Å². The lowest BCUT2D eigenvalue weighted by Gasteiger charge is -2.19. The smallest absolute Gasteiger partial charge is 0.273 e. The topological polar surface area (TPSA) is 162 Å². The number of hydrogen-bond donors (Lipinski definition) is 3. The summed E-state index contributed by atoms with van der Waals surface area (Å²) >= 11 is 6.66. The zero-order chi connectivity index (χ0) is 32.1. The van der Waals surface area contributed by atoms with Crippen molar-refractivity contribution < 1.29 is 19.1 Å². The van der Waals surface area contributed by atoms with Gasteiger partial charge in [-0.3, -0.25) is 19.4 Å². The van der Waals surface area contributed by atoms with Crippen LogP contribution < -0.4 is 20.7 Å². The Balaban J connectivity index is 1.41. The van der Waals surface area contributed by atoms with Gasteiger partial charge in [0.05, 0.1) is 47.4 Å². The lowest BCUT2D eigenvalue weighted by atomic mass is 10.0. The number of carbonyl (C=O) groups is 3. The summed E-state index contributed by atoms with van der Waals surface area (Å²) < 4.78 is 5.79. The molecule has 3 amide bonds. The second-order valence-corrected chi connectivity index (χ2v) is 10.8. The van der Waals surface area contributed by atoms with E-state index in [1.807, 2.05) is 0 Å². The van der Waals surface area contributed by atoms with E-state index in [1.165, 1.54) is 31.3 Å². The van der Waals surface area contributed by atoms with E-state index in [0.29, 0.717) is 50.1 Å². The molecule has 0 bridgehead atoms. The number of pyridine rings is 1. The number of nitriles is 1. The number of nitrogens with zero attached hydrogens (tertiary/aromatic N) is 5. The van der Waals surface area contributed by atoms with Gasteiger partial charge < -0.3 is 25.6 Å². The van der Waals surface area contributed by atoms with E-state index in [2.05, 4.69) is 37.2 Å². The molecule has 3 N–H and O–H groups in total. The van der Waals surface area contributed by atoms with E-state index in [1.54, 1.807) is 55.6 Å². The van der Waals surface area contributed by atoms with Gasteiger partial charge in [-0.25, -0.2) is 0 Å². The molecule has 0 spiro atoms. The molecule has 45 heavy (non-hydrogen) atoms. The SMILES string of the molecule is CNC(=O)c1nnc(NC(=O)C2CC2)cc1Nc1ccc(Cl)c(-c2ccc(C(=O)N(C)Cc3cc(C#N)ccn3)cc2)c1OC. The summed E-state index contributed by atoms with van der Waals surface area (Å²) in [7, 11) is 4.64. The highest BCUT2D eigenvalue weighted by Crippen LogP contribution is 2.43. The van der Waals surface area contributed by atoms with Gasteiger partial charge in [-0.05, 0) is 54.8 Å². The number of rotatable bonds is 10. The van der Waals surface area contributed by atoms with Crippen LogP contribution in [0.15, 0.2) is 60.8 Å². The van der Waals surface area contributed by atoms with Crippen molar-refractivity contribution in [2.45, 2.75) is 19.4 Å². The molecule has 0 saturated heterocycles. The number of benzene rings is 2. The third-order valence-electron chi connectivity index (χ3n) is 7.13. The van der Waals surface area contributed by atoms with Crippen LogP contribution in [0.3, 0.4) is 0 Å². The molecule has 228 valence electrons. The average Bonchev–Trinajstić information content (AvgIpc) is 3.91. The molecule has 0 radical (unpaired) electrons. The van der Waals surface area contributed by atoms with Crippen LogP contribution in [0.5, 0.6) is 5.75 Å². The highest BCUT2D eigenvalue weighted by atomic mass is 35.5. The summed E-state index contributed by atoms with van der Waals surface area (Å²) in [6, 6.07) is 17.1. The van der Waals surface area contributed by atoms with Gasteiger partial charge in [0.25, 0.3) is 11.8 Å². The molecule has 2 aromatic heterocycles. The highest BCUT2D eigenvalue weighted by molar-refractivity contribution is 6.34. The monoisotopic (exact) mass is 624 g/mol. The van der Waals surface area contributed by atoms with E-state index in [4.69, 9.17) is 21.6 Å². The Morgan fingerprint density at radius 1 is 1.07 bits per heavy atom. The number of carbonyl (C=O) groups excluding carboxylic acids is 3. The van der Waals surface area contributed by atoms with E-state index in [-0.39, 0.29) is 35.8 Å². The molecular formula is C32H29ClN8O4. The first-order valence-corrected chi connectivity index (χ1v) is 14.3. The van der Waals surface area contributed by atoms with E-state index in [9.17, 15) is 14.4 Å². The number of aromatic nitrogens is 3. The minimum Gasteiger partial charge on any atom is -0.494 e. The normalized spacial score (nSPS) is 12.1. The second-order valence-electron chi connectivity index (χ2n) is 10.3. The van der Waals surface area contributed by atoms with E-state index in [0.717, 1.165) is 12.8 Å². The molecule has 13 heteroatoms. The molecule has 1 saturated carbocycles. The predicted molar refractivity (Wildman–Crippen MR) is 168 cm³/mol. The summed E-state index contributed by atoms with van der Waals surface area (Å²) in [6.45, 7) is 0.233. The Morgan fingerprint density at radius 2 is 1.82 bits per heavy atom. The predicted octanol–water partition coefficient (Wildman–Crippen LogP) is 4.80. The quantitative estimate of drug-likeness (QED) is 0.225. The Kier molecular flexibility index (Phi) is 9.20. The number of anilines is 3. The molecule has 4 aromatic rings. The summed E-state index contributed by atoms with van der Waals surface area (Å²) in [4.78, 5) is 43.8. The number of amides is 3. The van der Waals surface area contributed by atoms with Crippen LogP contribution >= 0.6 is 11.6 Å². The van der Waals surface area contributed by atoms with E-state index >= 15 is 0 Å². The number of hydrogen-bond acceptors (Lipinski definition) is 9. The zero-order valence-corrected chi connectivity index (χ0v) is 25.5. The standard InChI is InChI=1S/C32H29ClN8O4/c1-35-31(43)28-25(15-26(39-40-28)38-30(42)20-6-7-20)37-24-11-10-23(33)27(29(24)45-3)19-4-8-21(9-5-19)32(44)41(2)17-22-14-18(16-34)12-13-36-22/h4-5,8-15,20H,6-7,17H2,1-3H3,(H,35,43)(H2,37,38,39,42). The fourth-order valence-corrected chi connectivity index (χ4v) is 4.90. The molecule has 1 fully saturated rings. The van der Waals surface area contributed by atoms with Crippen molar-refractivity contribution in [2.75, 3.05) is 31.8 Å². The molecular weight excluding hydrogens is 596 g/mol. The first-order chi connectivity index (χ1) is 21.7. The molecule has 1 aliphatic carbocycles. The molecule has 2 heterocycles. The first-order valence-electron chi connectivity index (χ1n) is 14.0. The maximum Gasteiger partial charge on any atom is 0.273 e. The first kappa shape index (κ1) is 30.9. The van der Waals surface area contributed by atoms with Crippen LogP contribution in [-0.2, 0) is 11.3 Å². The van der Waals surface area contributed by atoms with Crippen LogP contribution in [0.1, 0.15) is 44.9 Å². The summed E-state index contributed by atoms with van der Waals surface area (Å²) in [6.07, 6.45) is 3.19. The minimum atomic E-state index is -0.475. The van der Waals surface area contributed by atoms with Crippen molar-refractivity contribution in [3.8, 4) is 22.9 Å². The van der Waals surface area contributed by atoms with Crippen molar-refractivity contribution in [1.29, 1.82) is 5.26 Å². The molecule has 0 aliphatic heterocycles. The van der Waals surface area contributed by atoms with Gasteiger partial charge in [0.15, 0.2) is 17.3 Å². The van der Waals surface area contributed by atoms with Crippen molar-refractivity contribution in [3.63, 3.8) is 0 Å². The van der Waals surface area contributed by atoms with Crippen LogP contribution in [0.25, 0.3) is 11.1 Å². The van der Waals surface area contributed by atoms with Gasteiger partial charge in [-0.2, -0.15) is 5.26 Å².